The van der Waals surface area contributed by atoms with Gasteiger partial charge >= 0.3 is 0 Å². The zero-order valence-electron chi connectivity index (χ0n) is 11.3. The van der Waals surface area contributed by atoms with Gasteiger partial charge in [0.05, 0.1) is 0 Å². The second-order valence-electron chi connectivity index (χ2n) is 7.02. The van der Waals surface area contributed by atoms with Gasteiger partial charge in [0, 0.05) is 18.6 Å². The van der Waals surface area contributed by atoms with Gasteiger partial charge in [0.1, 0.15) is 0 Å². The Morgan fingerprint density at radius 1 is 1.12 bits per heavy atom. The number of rotatable bonds is 2. The number of nitrogens with zero attached hydrogens (tertiary/aromatic N) is 1. The molecule has 0 bridgehead atoms. The lowest BCUT2D eigenvalue weighted by Crippen LogP contribution is -2.50. The van der Waals surface area contributed by atoms with E-state index in [0.29, 0.717) is 11.5 Å². The van der Waals surface area contributed by atoms with E-state index in [-0.39, 0.29) is 0 Å². The second-order valence-corrected chi connectivity index (χ2v) is 7.02. The summed E-state index contributed by atoms with van der Waals surface area (Å²) in [7, 11) is 0. The Morgan fingerprint density at radius 3 is 2.71 bits per heavy atom. The van der Waals surface area contributed by atoms with Crippen molar-refractivity contribution in [2.24, 2.45) is 17.1 Å². The van der Waals surface area contributed by atoms with Gasteiger partial charge in [-0.25, -0.2) is 0 Å². The highest BCUT2D eigenvalue weighted by Crippen LogP contribution is 2.42. The van der Waals surface area contributed by atoms with E-state index in [0.717, 1.165) is 12.0 Å². The van der Waals surface area contributed by atoms with Crippen molar-refractivity contribution in [1.29, 1.82) is 0 Å². The number of likely N-dealkylation sites (tertiary alicyclic amines) is 1. The summed E-state index contributed by atoms with van der Waals surface area (Å²) < 4.78 is 0. The summed E-state index contributed by atoms with van der Waals surface area (Å²) in [5.41, 5.74) is 6.75. The molecule has 2 aliphatic carbocycles. The summed E-state index contributed by atoms with van der Waals surface area (Å²) in [6.45, 7) is 5.04. The van der Waals surface area contributed by atoms with E-state index in [1.807, 2.05) is 0 Å². The highest BCUT2D eigenvalue weighted by Gasteiger charge is 2.42. The van der Waals surface area contributed by atoms with Crippen molar-refractivity contribution in [3.05, 3.63) is 0 Å². The Hall–Kier alpha value is -0.0800. The number of nitrogens with two attached hydrogens (primary N) is 1. The molecular weight excluding hydrogens is 208 g/mol. The third kappa shape index (κ3) is 2.15. The number of hydrogen-bond acceptors (Lipinski definition) is 2. The van der Waals surface area contributed by atoms with Gasteiger partial charge in [0.15, 0.2) is 0 Å². The molecule has 4 atom stereocenters. The van der Waals surface area contributed by atoms with E-state index in [2.05, 4.69) is 11.8 Å². The molecule has 3 fully saturated rings. The molecule has 98 valence electrons. The van der Waals surface area contributed by atoms with Crippen molar-refractivity contribution < 1.29 is 0 Å². The molecule has 3 rings (SSSR count). The molecule has 2 N–H and O–H groups in total. The van der Waals surface area contributed by atoms with Crippen LogP contribution in [0.5, 0.6) is 0 Å². The molecule has 0 aromatic carbocycles. The lowest BCUT2D eigenvalue weighted by molar-refractivity contribution is 0.0615. The molecule has 2 saturated carbocycles. The average Bonchev–Trinajstić information content (AvgIpc) is 2.88. The summed E-state index contributed by atoms with van der Waals surface area (Å²) in [6, 6.07) is 1.36. The first-order chi connectivity index (χ1) is 8.19. The van der Waals surface area contributed by atoms with Gasteiger partial charge in [-0.05, 0) is 56.4 Å². The van der Waals surface area contributed by atoms with Crippen LogP contribution in [0.2, 0.25) is 0 Å². The Bertz CT molecular complexity index is 278. The number of hydrogen-bond donors (Lipinski definition) is 1. The summed E-state index contributed by atoms with van der Waals surface area (Å²) in [5.74, 6) is 1.02. The van der Waals surface area contributed by atoms with Gasteiger partial charge in [-0.1, -0.05) is 19.8 Å². The zero-order valence-corrected chi connectivity index (χ0v) is 11.3. The van der Waals surface area contributed by atoms with Gasteiger partial charge in [-0.15, -0.1) is 0 Å². The van der Waals surface area contributed by atoms with Crippen LogP contribution in [0.25, 0.3) is 0 Å². The molecule has 1 aliphatic heterocycles. The molecule has 0 amide bonds. The highest BCUT2D eigenvalue weighted by atomic mass is 15.2. The number of piperidine rings is 1. The van der Waals surface area contributed by atoms with E-state index in [1.54, 1.807) is 0 Å². The van der Waals surface area contributed by atoms with E-state index in [1.165, 1.54) is 64.5 Å². The molecule has 4 unspecified atom stereocenters. The van der Waals surface area contributed by atoms with Crippen molar-refractivity contribution in [3.63, 3.8) is 0 Å². The van der Waals surface area contributed by atoms with Crippen LogP contribution in [0.15, 0.2) is 0 Å². The maximum Gasteiger partial charge on any atom is 0.0124 e. The average molecular weight is 236 g/mol. The van der Waals surface area contributed by atoms with E-state index in [9.17, 15) is 0 Å². The molecule has 3 aliphatic rings. The fourth-order valence-electron chi connectivity index (χ4n) is 4.67. The standard InChI is InChI=1S/C15H28N2/c1-15(9-3-8-14(15)16)11-17-10-4-6-12-5-2-7-13(12)17/h12-14H,2-11,16H2,1H3. The quantitative estimate of drug-likeness (QED) is 0.799. The molecule has 1 heterocycles. The molecule has 0 aromatic rings. The summed E-state index contributed by atoms with van der Waals surface area (Å²) in [4.78, 5) is 2.81. The van der Waals surface area contributed by atoms with Crippen LogP contribution in [-0.2, 0) is 0 Å². The summed E-state index contributed by atoms with van der Waals surface area (Å²) >= 11 is 0. The fraction of sp³-hybridized carbons (Fsp3) is 1.00. The molecule has 0 radical (unpaired) electrons. The molecule has 0 spiro atoms. The van der Waals surface area contributed by atoms with Crippen LogP contribution < -0.4 is 5.73 Å². The molecule has 17 heavy (non-hydrogen) atoms. The monoisotopic (exact) mass is 236 g/mol. The van der Waals surface area contributed by atoms with Crippen molar-refractivity contribution in [3.8, 4) is 0 Å². The minimum absolute atomic E-state index is 0.407. The first-order valence-electron chi connectivity index (χ1n) is 7.69. The van der Waals surface area contributed by atoms with E-state index < -0.39 is 0 Å². The molecule has 2 heteroatoms. The topological polar surface area (TPSA) is 29.3 Å². The second kappa shape index (κ2) is 4.55. The van der Waals surface area contributed by atoms with E-state index >= 15 is 0 Å². The third-order valence-corrected chi connectivity index (χ3v) is 5.83. The Balaban J connectivity index is 1.67. The van der Waals surface area contributed by atoms with Crippen LogP contribution >= 0.6 is 0 Å². The van der Waals surface area contributed by atoms with Crippen LogP contribution in [0.4, 0.5) is 0 Å². The Kier molecular flexibility index (Phi) is 3.20. The SMILES string of the molecule is CC1(CN2CCCC3CCCC32)CCCC1N. The molecule has 0 aromatic heterocycles. The van der Waals surface area contributed by atoms with Crippen LogP contribution in [0.1, 0.15) is 58.3 Å². The van der Waals surface area contributed by atoms with Gasteiger partial charge in [-0.2, -0.15) is 0 Å². The van der Waals surface area contributed by atoms with E-state index in [4.69, 9.17) is 5.73 Å². The number of fused-ring (bicyclic) bond motifs is 1. The van der Waals surface area contributed by atoms with Gasteiger partial charge in [0.25, 0.3) is 0 Å². The molecule has 2 nitrogen and oxygen atoms in total. The maximum absolute atomic E-state index is 6.34. The predicted molar refractivity (Wildman–Crippen MR) is 71.9 cm³/mol. The van der Waals surface area contributed by atoms with Crippen LogP contribution in [0.3, 0.4) is 0 Å². The normalized spacial score (nSPS) is 47.3. The van der Waals surface area contributed by atoms with Gasteiger partial charge in [-0.3, -0.25) is 4.90 Å². The van der Waals surface area contributed by atoms with Crippen molar-refractivity contribution in [2.45, 2.75) is 70.4 Å². The smallest absolute Gasteiger partial charge is 0.0124 e. The largest absolute Gasteiger partial charge is 0.327 e. The lowest BCUT2D eigenvalue weighted by atomic mass is 9.82. The first kappa shape index (κ1) is 12.0. The molecular formula is C15H28N2. The zero-order chi connectivity index (χ0) is 11.9. The fourth-order valence-corrected chi connectivity index (χ4v) is 4.67. The van der Waals surface area contributed by atoms with Crippen molar-refractivity contribution in [1.82, 2.24) is 4.90 Å². The van der Waals surface area contributed by atoms with Gasteiger partial charge in [0.2, 0.25) is 0 Å². The minimum Gasteiger partial charge on any atom is -0.327 e. The van der Waals surface area contributed by atoms with Crippen LogP contribution in [0, 0.1) is 11.3 Å². The minimum atomic E-state index is 0.407. The third-order valence-electron chi connectivity index (χ3n) is 5.83. The van der Waals surface area contributed by atoms with Gasteiger partial charge < -0.3 is 5.73 Å². The van der Waals surface area contributed by atoms with Crippen molar-refractivity contribution in [2.75, 3.05) is 13.1 Å². The Morgan fingerprint density at radius 2 is 1.94 bits per heavy atom. The van der Waals surface area contributed by atoms with Crippen molar-refractivity contribution >= 4 is 0 Å². The summed E-state index contributed by atoms with van der Waals surface area (Å²) in [5, 5.41) is 0. The maximum atomic E-state index is 6.34. The highest BCUT2D eigenvalue weighted by molar-refractivity contribution is 4.97. The molecule has 1 saturated heterocycles. The Labute approximate surface area is 106 Å². The summed E-state index contributed by atoms with van der Waals surface area (Å²) in [6.07, 6.45) is 11.3. The predicted octanol–water partition coefficient (Wildman–Crippen LogP) is 2.77. The lowest BCUT2D eigenvalue weighted by Gasteiger charge is -2.43. The first-order valence-corrected chi connectivity index (χ1v) is 7.69. The van der Waals surface area contributed by atoms with Crippen LogP contribution in [-0.4, -0.2) is 30.1 Å².